The lowest BCUT2D eigenvalue weighted by Gasteiger charge is -2.31. The molecule has 0 aliphatic heterocycles. The van der Waals surface area contributed by atoms with Crippen LogP contribution in [0.4, 0.5) is 17.1 Å². The van der Waals surface area contributed by atoms with Crippen molar-refractivity contribution >= 4 is 17.1 Å². The Balaban J connectivity index is 0.931. The first kappa shape index (κ1) is 43.3. The lowest BCUT2D eigenvalue weighted by atomic mass is 9.74. The van der Waals surface area contributed by atoms with Gasteiger partial charge in [-0.25, -0.2) is 0 Å². The molecule has 0 heterocycles. The first-order valence-corrected chi connectivity index (χ1v) is 25.2. The topological polar surface area (TPSA) is 3.24 Å². The van der Waals surface area contributed by atoms with Crippen LogP contribution in [0, 0.1) is 0 Å². The third-order valence-corrected chi connectivity index (χ3v) is 15.8. The summed E-state index contributed by atoms with van der Waals surface area (Å²) in [7, 11) is 0. The fraction of sp³-hybridized carbons (Fsp3) is 0.0704. The fourth-order valence-electron chi connectivity index (χ4n) is 12.2. The molecule has 13 rings (SSSR count). The third kappa shape index (κ3) is 6.99. The minimum Gasteiger partial charge on any atom is -0.310 e. The Bertz CT molecular complexity index is 3810. The van der Waals surface area contributed by atoms with Gasteiger partial charge in [0.05, 0.1) is 5.69 Å². The van der Waals surface area contributed by atoms with Crippen molar-refractivity contribution in [2.24, 2.45) is 0 Å². The normalized spacial score (nSPS) is 14.8. The van der Waals surface area contributed by atoms with Crippen molar-refractivity contribution in [3.8, 4) is 77.9 Å². The molecule has 342 valence electrons. The molecular formula is C71H53N. The van der Waals surface area contributed by atoms with Gasteiger partial charge < -0.3 is 4.90 Å². The number of nitrogens with zero attached hydrogens (tertiary/aromatic N) is 1. The van der Waals surface area contributed by atoms with E-state index in [0.29, 0.717) is 0 Å². The van der Waals surface area contributed by atoms with Crippen molar-refractivity contribution in [3.63, 3.8) is 0 Å². The molecule has 72 heavy (non-hydrogen) atoms. The van der Waals surface area contributed by atoms with Crippen LogP contribution in [0.2, 0.25) is 0 Å². The van der Waals surface area contributed by atoms with E-state index in [1.807, 2.05) is 0 Å². The highest BCUT2D eigenvalue weighted by Gasteiger charge is 2.41. The summed E-state index contributed by atoms with van der Waals surface area (Å²) >= 11 is 0. The molecule has 1 nitrogen and oxygen atoms in total. The van der Waals surface area contributed by atoms with E-state index in [2.05, 4.69) is 293 Å². The average Bonchev–Trinajstić information content (AvgIpc) is 3.85. The number of para-hydroxylation sites is 1. The summed E-state index contributed by atoms with van der Waals surface area (Å²) in [5.41, 5.74) is 26.9. The van der Waals surface area contributed by atoms with Crippen LogP contribution in [0.25, 0.3) is 77.9 Å². The van der Waals surface area contributed by atoms with Gasteiger partial charge in [0.1, 0.15) is 0 Å². The van der Waals surface area contributed by atoms with Crippen molar-refractivity contribution in [2.75, 3.05) is 4.90 Å². The Morgan fingerprint density at radius 2 is 0.681 bits per heavy atom. The van der Waals surface area contributed by atoms with Crippen LogP contribution in [0.5, 0.6) is 0 Å². The number of rotatable bonds is 9. The number of hydrogen-bond acceptors (Lipinski definition) is 1. The van der Waals surface area contributed by atoms with Gasteiger partial charge in [-0.05, 0) is 137 Å². The molecule has 0 bridgehead atoms. The molecule has 0 fully saturated rings. The Labute approximate surface area is 424 Å². The second kappa shape index (κ2) is 17.3. The zero-order chi connectivity index (χ0) is 48.4. The first-order valence-electron chi connectivity index (χ1n) is 25.2. The molecule has 2 aliphatic rings. The quantitative estimate of drug-likeness (QED) is 0.139. The summed E-state index contributed by atoms with van der Waals surface area (Å²) in [4.78, 5) is 2.47. The van der Waals surface area contributed by atoms with Crippen molar-refractivity contribution in [1.82, 2.24) is 0 Å². The van der Waals surface area contributed by atoms with Crippen LogP contribution in [0.3, 0.4) is 0 Å². The maximum absolute atomic E-state index is 2.47. The van der Waals surface area contributed by atoms with Gasteiger partial charge in [0, 0.05) is 27.8 Å². The molecule has 0 spiro atoms. The van der Waals surface area contributed by atoms with Gasteiger partial charge in [-0.15, -0.1) is 0 Å². The number of benzene rings is 11. The molecule has 2 aliphatic carbocycles. The molecule has 0 amide bonds. The zero-order valence-corrected chi connectivity index (χ0v) is 40.9. The maximum atomic E-state index is 2.47. The molecule has 0 aromatic heterocycles. The van der Waals surface area contributed by atoms with E-state index >= 15 is 0 Å². The highest BCUT2D eigenvalue weighted by atomic mass is 15.1. The monoisotopic (exact) mass is 919 g/mol. The zero-order valence-electron chi connectivity index (χ0n) is 40.9. The van der Waals surface area contributed by atoms with Crippen molar-refractivity contribution < 1.29 is 0 Å². The van der Waals surface area contributed by atoms with Gasteiger partial charge in [0.2, 0.25) is 0 Å². The fourth-order valence-corrected chi connectivity index (χ4v) is 12.2. The van der Waals surface area contributed by atoms with Crippen LogP contribution >= 0.6 is 0 Å². The Hall–Kier alpha value is -8.78. The van der Waals surface area contributed by atoms with Crippen LogP contribution < -0.4 is 4.90 Å². The average molecular weight is 920 g/mol. The van der Waals surface area contributed by atoms with E-state index in [4.69, 9.17) is 0 Å². The standard InChI is InChI=1S/C71H53N/c1-70(2)65-30-15-12-27-61(65)64-29-18-28-63(69(64)70)59-25-11-10-23-57(59)52-41-43-55(44-42-52)72(56-45-46-62-60-26-13-16-31-66(60)71(3,67(62)47-56)54-21-8-5-9-22-54)68-32-17-14-24-58(68)53-39-37-51(38-40-53)50-35-33-49(34-36-50)48-19-6-4-7-20-48/h4-47H,1-3H3. The van der Waals surface area contributed by atoms with Crippen LogP contribution in [0.15, 0.2) is 267 Å². The molecule has 1 atom stereocenters. The molecule has 0 saturated carbocycles. The second-order valence-corrected chi connectivity index (χ2v) is 20.1. The Kier molecular flexibility index (Phi) is 10.4. The first-order chi connectivity index (χ1) is 35.4. The van der Waals surface area contributed by atoms with E-state index in [9.17, 15) is 0 Å². The van der Waals surface area contributed by atoms with Gasteiger partial charge in [0.15, 0.2) is 0 Å². The van der Waals surface area contributed by atoms with Crippen molar-refractivity contribution in [1.29, 1.82) is 0 Å². The largest absolute Gasteiger partial charge is 0.310 e. The molecule has 1 heteroatoms. The predicted molar refractivity (Wildman–Crippen MR) is 303 cm³/mol. The summed E-state index contributed by atoms with van der Waals surface area (Å²) in [5, 5.41) is 0. The van der Waals surface area contributed by atoms with Crippen LogP contribution in [0.1, 0.15) is 48.6 Å². The van der Waals surface area contributed by atoms with Crippen LogP contribution in [-0.2, 0) is 10.8 Å². The molecular weight excluding hydrogens is 867 g/mol. The van der Waals surface area contributed by atoms with Gasteiger partial charge >= 0.3 is 0 Å². The SMILES string of the molecule is CC1(C)c2ccccc2-c2cccc(-c3ccccc3-c3ccc(N(c4ccc5c(c4)C(C)(c4ccccc4)c4ccccc4-5)c4ccccc4-c4ccc(-c5ccc(-c6ccccc6)cc5)cc4)cc3)c21. The number of hydrogen-bond donors (Lipinski definition) is 0. The van der Waals surface area contributed by atoms with Crippen molar-refractivity contribution in [2.45, 2.75) is 31.6 Å². The molecule has 11 aromatic rings. The van der Waals surface area contributed by atoms with Gasteiger partial charge in [-0.1, -0.05) is 250 Å². The van der Waals surface area contributed by atoms with Crippen molar-refractivity contribution in [3.05, 3.63) is 295 Å². The summed E-state index contributed by atoms with van der Waals surface area (Å²) in [6.45, 7) is 7.16. The minimum absolute atomic E-state index is 0.129. The molecule has 0 N–H and O–H groups in total. The summed E-state index contributed by atoms with van der Waals surface area (Å²) < 4.78 is 0. The molecule has 0 radical (unpaired) electrons. The highest BCUT2D eigenvalue weighted by Crippen LogP contribution is 2.56. The Morgan fingerprint density at radius 3 is 1.33 bits per heavy atom. The van der Waals surface area contributed by atoms with E-state index in [-0.39, 0.29) is 10.8 Å². The van der Waals surface area contributed by atoms with Gasteiger partial charge in [-0.3, -0.25) is 0 Å². The summed E-state index contributed by atoms with van der Waals surface area (Å²) in [6, 6.07) is 98.6. The predicted octanol–water partition coefficient (Wildman–Crippen LogP) is 19.1. The lowest BCUT2D eigenvalue weighted by Crippen LogP contribution is -2.22. The lowest BCUT2D eigenvalue weighted by molar-refractivity contribution is 0.662. The third-order valence-electron chi connectivity index (χ3n) is 15.8. The minimum atomic E-state index is -0.343. The molecule has 0 saturated heterocycles. The highest BCUT2D eigenvalue weighted by molar-refractivity contribution is 5.95. The Morgan fingerprint density at radius 1 is 0.264 bits per heavy atom. The van der Waals surface area contributed by atoms with Gasteiger partial charge in [0.25, 0.3) is 0 Å². The number of fused-ring (bicyclic) bond motifs is 6. The summed E-state index contributed by atoms with van der Waals surface area (Å²) in [5.74, 6) is 0. The van der Waals surface area contributed by atoms with E-state index in [1.165, 1.54) is 94.6 Å². The molecule has 11 aromatic carbocycles. The van der Waals surface area contributed by atoms with E-state index in [1.54, 1.807) is 0 Å². The van der Waals surface area contributed by atoms with E-state index < -0.39 is 0 Å². The summed E-state index contributed by atoms with van der Waals surface area (Å²) in [6.07, 6.45) is 0. The maximum Gasteiger partial charge on any atom is 0.0540 e. The van der Waals surface area contributed by atoms with Gasteiger partial charge in [-0.2, -0.15) is 0 Å². The van der Waals surface area contributed by atoms with E-state index in [0.717, 1.165) is 28.2 Å². The smallest absolute Gasteiger partial charge is 0.0540 e. The van der Waals surface area contributed by atoms with Crippen LogP contribution in [-0.4, -0.2) is 0 Å². The second-order valence-electron chi connectivity index (χ2n) is 20.1. The molecule has 1 unspecified atom stereocenters. The number of anilines is 3.